The Morgan fingerprint density at radius 3 is 2.70 bits per heavy atom. The van der Waals surface area contributed by atoms with Crippen molar-refractivity contribution >= 4 is 23.3 Å². The zero-order valence-corrected chi connectivity index (χ0v) is 12.5. The van der Waals surface area contributed by atoms with E-state index in [1.165, 1.54) is 0 Å². The van der Waals surface area contributed by atoms with Gasteiger partial charge in [0.05, 0.1) is 10.6 Å². The first-order chi connectivity index (χ1) is 9.59. The molecule has 0 saturated carbocycles. The maximum Gasteiger partial charge on any atom is 0.255 e. The van der Waals surface area contributed by atoms with Gasteiger partial charge in [0.15, 0.2) is 0 Å². The van der Waals surface area contributed by atoms with E-state index >= 15 is 0 Å². The van der Waals surface area contributed by atoms with Crippen molar-refractivity contribution in [2.75, 3.05) is 6.54 Å². The Hall–Kier alpha value is -1.35. The molecule has 0 radical (unpaired) electrons. The van der Waals surface area contributed by atoms with Gasteiger partial charge in [-0.1, -0.05) is 36.6 Å². The van der Waals surface area contributed by atoms with Crippen LogP contribution in [0.3, 0.4) is 0 Å². The summed E-state index contributed by atoms with van der Waals surface area (Å²) in [6, 6.07) is 7.12. The minimum atomic E-state index is -0.0521. The first-order valence-electron chi connectivity index (χ1n) is 7.14. The second-order valence-electron chi connectivity index (χ2n) is 5.39. The van der Waals surface area contributed by atoms with Crippen molar-refractivity contribution in [3.63, 3.8) is 0 Å². The Kier molecular flexibility index (Phi) is 5.18. The molecule has 1 aliphatic heterocycles. The van der Waals surface area contributed by atoms with Gasteiger partial charge < -0.3 is 4.90 Å². The molecule has 1 amide bonds. The van der Waals surface area contributed by atoms with Crippen LogP contribution in [-0.4, -0.2) is 29.2 Å². The topological polar surface area (TPSA) is 37.4 Å². The average molecular weight is 294 g/mol. The number of rotatable bonds is 3. The molecule has 1 atom stereocenters. The molecule has 108 valence electrons. The summed E-state index contributed by atoms with van der Waals surface area (Å²) >= 11 is 6.12. The van der Waals surface area contributed by atoms with Gasteiger partial charge in [0.2, 0.25) is 0 Å². The predicted molar refractivity (Wildman–Crippen MR) is 80.0 cm³/mol. The first kappa shape index (κ1) is 15.0. The summed E-state index contributed by atoms with van der Waals surface area (Å²) < 4.78 is 0. The van der Waals surface area contributed by atoms with Crippen LogP contribution in [0.1, 0.15) is 49.4 Å². The van der Waals surface area contributed by atoms with Crippen molar-refractivity contribution < 1.29 is 9.59 Å². The van der Waals surface area contributed by atoms with Crippen molar-refractivity contribution in [3.8, 4) is 0 Å². The van der Waals surface area contributed by atoms with Gasteiger partial charge in [0, 0.05) is 19.0 Å². The standard InChI is InChI=1S/C16H20ClNO2/c1-12(19)11-13-7-3-2-6-10-18(13)16(20)14-8-4-5-9-15(14)17/h4-5,8-9,13H,2-3,6-7,10-11H2,1H3. The van der Waals surface area contributed by atoms with Gasteiger partial charge >= 0.3 is 0 Å². The predicted octanol–water partition coefficient (Wildman–Crippen LogP) is 3.70. The summed E-state index contributed by atoms with van der Waals surface area (Å²) in [6.45, 7) is 2.30. The van der Waals surface area contributed by atoms with Crippen LogP contribution >= 0.6 is 11.6 Å². The van der Waals surface area contributed by atoms with Crippen LogP contribution in [0.2, 0.25) is 5.02 Å². The number of carbonyl (C=O) groups is 2. The number of Topliss-reactive ketones (excluding diaryl/α,β-unsaturated/α-hetero) is 1. The smallest absolute Gasteiger partial charge is 0.255 e. The molecule has 0 spiro atoms. The Balaban J connectivity index is 2.24. The molecule has 20 heavy (non-hydrogen) atoms. The molecule has 0 aliphatic carbocycles. The van der Waals surface area contributed by atoms with Gasteiger partial charge in [-0.3, -0.25) is 9.59 Å². The third-order valence-electron chi connectivity index (χ3n) is 3.77. The molecular weight excluding hydrogens is 274 g/mol. The molecule has 0 aromatic heterocycles. The number of ketones is 1. The summed E-state index contributed by atoms with van der Waals surface area (Å²) in [5.74, 6) is 0.0811. The summed E-state index contributed by atoms with van der Waals surface area (Å²) in [7, 11) is 0. The highest BCUT2D eigenvalue weighted by Crippen LogP contribution is 2.24. The van der Waals surface area contributed by atoms with Crippen LogP contribution in [0.15, 0.2) is 24.3 Å². The van der Waals surface area contributed by atoms with Crippen molar-refractivity contribution in [1.82, 2.24) is 4.90 Å². The van der Waals surface area contributed by atoms with E-state index in [2.05, 4.69) is 0 Å². The average Bonchev–Trinajstić information content (AvgIpc) is 2.63. The van der Waals surface area contributed by atoms with E-state index in [-0.39, 0.29) is 17.7 Å². The van der Waals surface area contributed by atoms with Gasteiger partial charge in [0.1, 0.15) is 5.78 Å². The molecule has 0 bridgehead atoms. The Morgan fingerprint density at radius 1 is 1.25 bits per heavy atom. The van der Waals surface area contributed by atoms with Crippen LogP contribution in [0.25, 0.3) is 0 Å². The highest BCUT2D eigenvalue weighted by atomic mass is 35.5. The van der Waals surface area contributed by atoms with Crippen LogP contribution in [0.4, 0.5) is 0 Å². The SMILES string of the molecule is CC(=O)CC1CCCCCN1C(=O)c1ccccc1Cl. The monoisotopic (exact) mass is 293 g/mol. The van der Waals surface area contributed by atoms with Crippen molar-refractivity contribution in [2.45, 2.75) is 45.1 Å². The van der Waals surface area contributed by atoms with Gasteiger partial charge in [0.25, 0.3) is 5.91 Å². The lowest BCUT2D eigenvalue weighted by Gasteiger charge is -2.30. The maximum absolute atomic E-state index is 12.7. The zero-order chi connectivity index (χ0) is 14.5. The largest absolute Gasteiger partial charge is 0.335 e. The molecule has 1 aromatic carbocycles. The minimum absolute atomic E-state index is 0.0128. The molecule has 1 saturated heterocycles. The lowest BCUT2D eigenvalue weighted by atomic mass is 10.0. The normalized spacial score (nSPS) is 19.5. The van der Waals surface area contributed by atoms with Crippen molar-refractivity contribution in [3.05, 3.63) is 34.9 Å². The number of halogens is 1. The van der Waals surface area contributed by atoms with E-state index < -0.39 is 0 Å². The molecule has 1 aromatic rings. The number of hydrogen-bond donors (Lipinski definition) is 0. The van der Waals surface area contributed by atoms with Crippen LogP contribution < -0.4 is 0 Å². The van der Waals surface area contributed by atoms with E-state index in [1.54, 1.807) is 19.1 Å². The Morgan fingerprint density at radius 2 is 2.00 bits per heavy atom. The molecular formula is C16H20ClNO2. The number of carbonyl (C=O) groups excluding carboxylic acids is 2. The number of nitrogens with zero attached hydrogens (tertiary/aromatic N) is 1. The molecule has 0 N–H and O–H groups in total. The molecule has 1 fully saturated rings. The quantitative estimate of drug-likeness (QED) is 0.852. The van der Waals surface area contributed by atoms with E-state index in [4.69, 9.17) is 11.6 Å². The minimum Gasteiger partial charge on any atom is -0.335 e. The molecule has 1 unspecified atom stereocenters. The Labute approximate surface area is 124 Å². The summed E-state index contributed by atoms with van der Waals surface area (Å²) in [4.78, 5) is 26.0. The van der Waals surface area contributed by atoms with Crippen LogP contribution in [-0.2, 0) is 4.79 Å². The number of benzene rings is 1. The summed E-state index contributed by atoms with van der Waals surface area (Å²) in [6.07, 6.45) is 4.52. The van der Waals surface area contributed by atoms with Crippen molar-refractivity contribution in [1.29, 1.82) is 0 Å². The highest BCUT2D eigenvalue weighted by Gasteiger charge is 2.28. The Bertz CT molecular complexity index is 501. The molecule has 2 rings (SSSR count). The van der Waals surface area contributed by atoms with Gasteiger partial charge in [-0.25, -0.2) is 0 Å². The van der Waals surface area contributed by atoms with Gasteiger partial charge in [-0.15, -0.1) is 0 Å². The summed E-state index contributed by atoms with van der Waals surface area (Å²) in [5.41, 5.74) is 0.532. The first-order valence-corrected chi connectivity index (χ1v) is 7.52. The molecule has 3 nitrogen and oxygen atoms in total. The molecule has 4 heteroatoms. The lowest BCUT2D eigenvalue weighted by molar-refractivity contribution is -0.118. The fourth-order valence-corrected chi connectivity index (χ4v) is 2.99. The number of hydrogen-bond acceptors (Lipinski definition) is 2. The lowest BCUT2D eigenvalue weighted by Crippen LogP contribution is -2.41. The molecule has 1 aliphatic rings. The van der Waals surface area contributed by atoms with Gasteiger partial charge in [-0.05, 0) is 31.9 Å². The van der Waals surface area contributed by atoms with E-state index in [9.17, 15) is 9.59 Å². The fraction of sp³-hybridized carbons (Fsp3) is 0.500. The zero-order valence-electron chi connectivity index (χ0n) is 11.8. The third-order valence-corrected chi connectivity index (χ3v) is 4.09. The van der Waals surface area contributed by atoms with Crippen LogP contribution in [0.5, 0.6) is 0 Å². The second kappa shape index (κ2) is 6.89. The summed E-state index contributed by atoms with van der Waals surface area (Å²) in [5, 5.41) is 0.475. The van der Waals surface area contributed by atoms with Crippen LogP contribution in [0, 0.1) is 0 Å². The highest BCUT2D eigenvalue weighted by molar-refractivity contribution is 6.33. The number of likely N-dealkylation sites (tertiary alicyclic amines) is 1. The second-order valence-corrected chi connectivity index (χ2v) is 5.79. The fourth-order valence-electron chi connectivity index (χ4n) is 2.78. The third kappa shape index (κ3) is 3.60. The van der Waals surface area contributed by atoms with Crippen molar-refractivity contribution in [2.24, 2.45) is 0 Å². The van der Waals surface area contributed by atoms with E-state index in [0.717, 1.165) is 25.7 Å². The maximum atomic E-state index is 12.7. The van der Waals surface area contributed by atoms with E-state index in [0.29, 0.717) is 23.6 Å². The molecule has 1 heterocycles. The number of amides is 1. The van der Waals surface area contributed by atoms with Gasteiger partial charge in [-0.2, -0.15) is 0 Å². The van der Waals surface area contributed by atoms with E-state index in [1.807, 2.05) is 17.0 Å².